The molecule has 7 nitrogen and oxygen atoms in total. The van der Waals surface area contributed by atoms with E-state index in [1.807, 2.05) is 0 Å². The fraction of sp³-hybridized carbons (Fsp3) is 0.333. The molecule has 2 N–H and O–H groups in total. The average Bonchev–Trinajstić information content (AvgIpc) is 3.30. The van der Waals surface area contributed by atoms with Gasteiger partial charge in [0.1, 0.15) is 11.4 Å². The molecule has 1 aromatic heterocycles. The first-order chi connectivity index (χ1) is 18.2. The topological polar surface area (TPSA) is 87.2 Å². The number of amides is 2. The molecule has 1 aliphatic heterocycles. The molecule has 0 bridgehead atoms. The molecule has 11 heteroatoms. The summed E-state index contributed by atoms with van der Waals surface area (Å²) in [6.45, 7) is 0.344. The smallest absolute Gasteiger partial charge is 0.252 e. The van der Waals surface area contributed by atoms with Gasteiger partial charge in [0.2, 0.25) is 11.9 Å². The predicted octanol–water partition coefficient (Wildman–Crippen LogP) is 4.94. The number of hydrogen-bond donors (Lipinski definition) is 2. The van der Waals surface area contributed by atoms with Crippen LogP contribution in [0.15, 0.2) is 67.0 Å². The highest BCUT2D eigenvalue weighted by Gasteiger charge is 2.58. The molecule has 2 aromatic carbocycles. The maximum absolute atomic E-state index is 14.3. The summed E-state index contributed by atoms with van der Waals surface area (Å²) in [6.07, 6.45) is 2.79. The molecular weight excluding hydrogens is 519 g/mol. The fourth-order valence-corrected chi connectivity index (χ4v) is 5.64. The number of rotatable bonds is 7. The number of benzene rings is 2. The highest BCUT2D eigenvalue weighted by atomic mass is 35.5. The largest absolute Gasteiger partial charge is 0.352 e. The average molecular weight is 544 g/mol. The van der Waals surface area contributed by atoms with Gasteiger partial charge in [-0.2, -0.15) is 0 Å². The highest BCUT2D eigenvalue weighted by molar-refractivity contribution is 6.31. The van der Waals surface area contributed by atoms with Crippen molar-refractivity contribution in [1.29, 1.82) is 0 Å². The van der Waals surface area contributed by atoms with E-state index in [0.717, 1.165) is 0 Å². The lowest BCUT2D eigenvalue weighted by molar-refractivity contribution is -0.135. The number of nitrogens with zero attached hydrogens (tertiary/aromatic N) is 3. The van der Waals surface area contributed by atoms with Crippen molar-refractivity contribution in [2.24, 2.45) is 0 Å². The van der Waals surface area contributed by atoms with Crippen LogP contribution in [0.25, 0.3) is 0 Å². The number of aromatic nitrogens is 2. The first-order valence-corrected chi connectivity index (χ1v) is 12.6. The van der Waals surface area contributed by atoms with Crippen LogP contribution in [0.5, 0.6) is 0 Å². The van der Waals surface area contributed by atoms with Gasteiger partial charge in [-0.05, 0) is 48.7 Å². The molecule has 1 saturated heterocycles. The summed E-state index contributed by atoms with van der Waals surface area (Å²) in [5.74, 6) is -5.59. The van der Waals surface area contributed by atoms with Crippen LogP contribution < -0.4 is 15.5 Å². The number of carbonyl (C=O) groups is 2. The van der Waals surface area contributed by atoms with Gasteiger partial charge in [-0.25, -0.2) is 23.1 Å². The molecule has 198 valence electrons. The van der Waals surface area contributed by atoms with Crippen molar-refractivity contribution in [3.8, 4) is 0 Å². The van der Waals surface area contributed by atoms with Gasteiger partial charge >= 0.3 is 0 Å². The third kappa shape index (κ3) is 4.92. The van der Waals surface area contributed by atoms with E-state index >= 15 is 0 Å². The van der Waals surface area contributed by atoms with Gasteiger partial charge in [0.25, 0.3) is 11.8 Å². The van der Waals surface area contributed by atoms with Gasteiger partial charge < -0.3 is 15.5 Å². The van der Waals surface area contributed by atoms with Crippen molar-refractivity contribution < 1.29 is 22.8 Å². The molecule has 0 spiro atoms. The summed E-state index contributed by atoms with van der Waals surface area (Å²) in [6, 6.07) is 12.9. The monoisotopic (exact) mass is 543 g/mol. The Hall–Kier alpha value is -3.66. The number of carbonyl (C=O) groups excluding carboxylic acids is 2. The number of alkyl halides is 2. The van der Waals surface area contributed by atoms with E-state index in [9.17, 15) is 22.8 Å². The molecule has 2 amide bonds. The molecule has 2 aliphatic rings. The lowest BCUT2D eigenvalue weighted by Gasteiger charge is -2.44. The number of halogens is 4. The van der Waals surface area contributed by atoms with Crippen LogP contribution in [0.4, 0.5) is 24.8 Å². The number of anilines is 2. The summed E-state index contributed by atoms with van der Waals surface area (Å²) in [5, 5.41) is 5.72. The fourth-order valence-electron chi connectivity index (χ4n) is 5.40. The van der Waals surface area contributed by atoms with E-state index in [4.69, 9.17) is 11.6 Å². The van der Waals surface area contributed by atoms with Crippen molar-refractivity contribution in [2.45, 2.75) is 49.1 Å². The Morgan fingerprint density at radius 1 is 1.05 bits per heavy atom. The third-order valence-corrected chi connectivity index (χ3v) is 7.43. The van der Waals surface area contributed by atoms with Crippen molar-refractivity contribution in [2.75, 3.05) is 16.8 Å². The lowest BCUT2D eigenvalue weighted by atomic mass is 9.75. The van der Waals surface area contributed by atoms with Crippen LogP contribution in [0, 0.1) is 5.82 Å². The second kappa shape index (κ2) is 10.2. The molecule has 2 atom stereocenters. The van der Waals surface area contributed by atoms with Crippen molar-refractivity contribution >= 4 is 35.1 Å². The minimum atomic E-state index is -2.85. The molecule has 5 rings (SSSR count). The summed E-state index contributed by atoms with van der Waals surface area (Å²) >= 11 is 6.58. The zero-order chi connectivity index (χ0) is 26.9. The Morgan fingerprint density at radius 2 is 1.79 bits per heavy atom. The van der Waals surface area contributed by atoms with Gasteiger partial charge in [0.15, 0.2) is 0 Å². The van der Waals surface area contributed by atoms with Crippen molar-refractivity contribution in [1.82, 2.24) is 15.3 Å². The van der Waals surface area contributed by atoms with E-state index in [0.29, 0.717) is 18.5 Å². The van der Waals surface area contributed by atoms with Crippen LogP contribution in [0.3, 0.4) is 0 Å². The van der Waals surface area contributed by atoms with Gasteiger partial charge in [0.05, 0.1) is 5.92 Å². The summed E-state index contributed by atoms with van der Waals surface area (Å²) in [7, 11) is 0. The minimum absolute atomic E-state index is 0.201. The molecule has 2 fully saturated rings. The van der Waals surface area contributed by atoms with Crippen LogP contribution in [-0.4, -0.2) is 45.8 Å². The Kier molecular flexibility index (Phi) is 7.00. The van der Waals surface area contributed by atoms with Gasteiger partial charge in [-0.15, -0.1) is 0 Å². The molecule has 38 heavy (non-hydrogen) atoms. The van der Waals surface area contributed by atoms with Crippen LogP contribution in [0.1, 0.15) is 37.2 Å². The van der Waals surface area contributed by atoms with Crippen LogP contribution in [0.2, 0.25) is 5.02 Å². The Balaban J connectivity index is 1.63. The first-order valence-electron chi connectivity index (χ1n) is 12.2. The number of hydrogen-bond acceptors (Lipinski definition) is 5. The van der Waals surface area contributed by atoms with Crippen LogP contribution >= 0.6 is 11.6 Å². The first kappa shape index (κ1) is 26.0. The van der Waals surface area contributed by atoms with E-state index in [2.05, 4.69) is 20.6 Å². The quantitative estimate of drug-likeness (QED) is 0.440. The van der Waals surface area contributed by atoms with E-state index in [1.54, 1.807) is 35.2 Å². The maximum atomic E-state index is 14.3. The Bertz CT molecular complexity index is 1340. The normalized spacial score (nSPS) is 21.4. The summed E-state index contributed by atoms with van der Waals surface area (Å²) < 4.78 is 41.2. The summed E-state index contributed by atoms with van der Waals surface area (Å²) in [5.41, 5.74) is -1.04. The van der Waals surface area contributed by atoms with Gasteiger partial charge in [-0.1, -0.05) is 35.9 Å². The molecule has 0 radical (unpaired) electrons. The Morgan fingerprint density at radius 3 is 2.47 bits per heavy atom. The molecule has 2 heterocycles. The standard InChI is InChI=1S/C27H25ClF3N5O2/c28-21-9-2-1-8-20(21)22(23(37)34-19-15-26(30,31)16-19)27(24(38)35-18-7-3-6-17(29)14-18)10-4-13-36(27)25-32-11-5-12-33-25/h1-3,5-9,11-12,14,19,22H,4,10,13,15-16H2,(H,34,37)(H,35,38)/t22-,27?/m1/s1. The summed E-state index contributed by atoms with van der Waals surface area (Å²) in [4.78, 5) is 38.6. The zero-order valence-corrected chi connectivity index (χ0v) is 21.0. The zero-order valence-electron chi connectivity index (χ0n) is 20.2. The third-order valence-electron chi connectivity index (χ3n) is 7.08. The van der Waals surface area contributed by atoms with Crippen molar-refractivity contribution in [3.63, 3.8) is 0 Å². The second-order valence-corrected chi connectivity index (χ2v) is 10.0. The van der Waals surface area contributed by atoms with Crippen LogP contribution in [-0.2, 0) is 9.59 Å². The number of nitrogens with one attached hydrogen (secondary N) is 2. The van der Waals surface area contributed by atoms with E-state index in [1.165, 1.54) is 36.7 Å². The molecule has 1 saturated carbocycles. The highest BCUT2D eigenvalue weighted by Crippen LogP contribution is 2.46. The second-order valence-electron chi connectivity index (χ2n) is 9.62. The molecule has 1 unspecified atom stereocenters. The van der Waals surface area contributed by atoms with E-state index in [-0.39, 0.29) is 23.1 Å². The van der Waals surface area contributed by atoms with Gasteiger partial charge in [-0.3, -0.25) is 9.59 Å². The lowest BCUT2D eigenvalue weighted by Crippen LogP contribution is -2.62. The molecule has 1 aliphatic carbocycles. The molecule has 3 aromatic rings. The Labute approximate surface area is 222 Å². The SMILES string of the molecule is O=C(NC1CC(F)(F)C1)[C@@H](c1ccccc1Cl)C1(C(=O)Nc2cccc(F)c2)CCCN1c1ncccn1. The predicted molar refractivity (Wildman–Crippen MR) is 137 cm³/mol. The maximum Gasteiger partial charge on any atom is 0.252 e. The van der Waals surface area contributed by atoms with E-state index < -0.39 is 53.9 Å². The van der Waals surface area contributed by atoms with Gasteiger partial charge in [0, 0.05) is 48.5 Å². The minimum Gasteiger partial charge on any atom is -0.352 e. The van der Waals surface area contributed by atoms with Crippen molar-refractivity contribution in [3.05, 3.63) is 83.4 Å². The molecular formula is C27H25ClF3N5O2.